The summed E-state index contributed by atoms with van der Waals surface area (Å²) >= 11 is 5.95. The lowest BCUT2D eigenvalue weighted by Gasteiger charge is -2.22. The molecule has 3 heteroatoms. The van der Waals surface area contributed by atoms with Crippen molar-refractivity contribution in [1.29, 1.82) is 0 Å². The molecule has 1 aliphatic rings. The molecule has 1 aliphatic heterocycles. The van der Waals surface area contributed by atoms with E-state index in [0.29, 0.717) is 5.88 Å². The molecule has 2 nitrogen and oxygen atoms in total. The minimum Gasteiger partial charge on any atom is -0.497 e. The van der Waals surface area contributed by atoms with Gasteiger partial charge in [0, 0.05) is 18.1 Å². The van der Waals surface area contributed by atoms with E-state index in [1.807, 2.05) is 12.1 Å². The van der Waals surface area contributed by atoms with E-state index >= 15 is 0 Å². The van der Waals surface area contributed by atoms with Gasteiger partial charge in [-0.3, -0.25) is 0 Å². The predicted molar refractivity (Wildman–Crippen MR) is 107 cm³/mol. The molecule has 1 N–H and O–H groups in total. The summed E-state index contributed by atoms with van der Waals surface area (Å²) < 4.78 is 5.24. The van der Waals surface area contributed by atoms with Crippen LogP contribution in [0.1, 0.15) is 37.7 Å². The highest BCUT2D eigenvalue weighted by Crippen LogP contribution is 2.30. The third kappa shape index (κ3) is 4.58. The van der Waals surface area contributed by atoms with E-state index in [1.165, 1.54) is 40.8 Å². The molecule has 1 saturated heterocycles. The minimum absolute atomic E-state index is 0.709. The van der Waals surface area contributed by atoms with Crippen molar-refractivity contribution in [1.82, 2.24) is 5.32 Å². The second kappa shape index (κ2) is 8.96. The predicted octanol–water partition coefficient (Wildman–Crippen LogP) is 5.87. The Labute approximate surface area is 155 Å². The van der Waals surface area contributed by atoms with Crippen molar-refractivity contribution in [2.75, 3.05) is 19.5 Å². The number of allylic oxidation sites excluding steroid dienone is 2. The van der Waals surface area contributed by atoms with Gasteiger partial charge in [0.1, 0.15) is 5.75 Å². The van der Waals surface area contributed by atoms with Crippen molar-refractivity contribution >= 4 is 17.2 Å². The maximum absolute atomic E-state index is 5.95. The van der Waals surface area contributed by atoms with Crippen LogP contribution in [-0.4, -0.2) is 19.5 Å². The van der Waals surface area contributed by atoms with Crippen LogP contribution in [0.5, 0.6) is 5.75 Å². The summed E-state index contributed by atoms with van der Waals surface area (Å²) in [5.41, 5.74) is 6.59. The van der Waals surface area contributed by atoms with Gasteiger partial charge >= 0.3 is 0 Å². The fraction of sp³-hybridized carbons (Fsp3) is 0.364. The highest BCUT2D eigenvalue weighted by molar-refractivity contribution is 6.17. The number of benzene rings is 2. The number of piperidine rings is 1. The van der Waals surface area contributed by atoms with Gasteiger partial charge in [0.2, 0.25) is 0 Å². The van der Waals surface area contributed by atoms with Gasteiger partial charge in [-0.25, -0.2) is 0 Å². The van der Waals surface area contributed by atoms with Crippen LogP contribution < -0.4 is 10.1 Å². The Morgan fingerprint density at radius 3 is 2.24 bits per heavy atom. The molecule has 2 aromatic carbocycles. The van der Waals surface area contributed by atoms with Crippen LogP contribution in [0.25, 0.3) is 16.7 Å². The fourth-order valence-electron chi connectivity index (χ4n) is 3.37. The van der Waals surface area contributed by atoms with E-state index in [4.69, 9.17) is 16.3 Å². The Bertz CT molecular complexity index is 696. The third-order valence-electron chi connectivity index (χ3n) is 4.77. The molecule has 1 fully saturated rings. The number of rotatable bonds is 6. The summed E-state index contributed by atoms with van der Waals surface area (Å²) in [4.78, 5) is 0. The number of methoxy groups -OCH3 is 1. The largest absolute Gasteiger partial charge is 0.497 e. The Morgan fingerprint density at radius 2 is 1.68 bits per heavy atom. The Hall–Kier alpha value is -1.93. The molecule has 0 aromatic heterocycles. The molecule has 2 aromatic rings. The van der Waals surface area contributed by atoms with E-state index in [0.717, 1.165) is 31.6 Å². The Kier molecular flexibility index (Phi) is 6.41. The Morgan fingerprint density at radius 1 is 1.00 bits per heavy atom. The smallest absolute Gasteiger partial charge is 0.118 e. The van der Waals surface area contributed by atoms with Crippen molar-refractivity contribution in [2.45, 2.75) is 32.1 Å². The lowest BCUT2D eigenvalue weighted by atomic mass is 9.93. The van der Waals surface area contributed by atoms with E-state index in [9.17, 15) is 0 Å². The zero-order valence-corrected chi connectivity index (χ0v) is 15.6. The number of nitrogens with one attached hydrogen (secondary N) is 1. The number of hydrogen-bond donors (Lipinski definition) is 1. The van der Waals surface area contributed by atoms with Crippen LogP contribution in [0.2, 0.25) is 0 Å². The fourth-order valence-corrected chi connectivity index (χ4v) is 3.51. The monoisotopic (exact) mass is 355 g/mol. The molecule has 0 amide bonds. The van der Waals surface area contributed by atoms with Crippen LogP contribution in [0, 0.1) is 0 Å². The third-order valence-corrected chi connectivity index (χ3v) is 5.04. The standard InChI is InChI=1S/C22H26ClNO/c1-25-20-13-11-18(12-14-20)17-7-9-19(10-8-17)21(5-4-15-23)22-6-2-3-16-24-22/h7-14,24H,2-6,15-16H2,1H3. The summed E-state index contributed by atoms with van der Waals surface area (Å²) in [6.07, 6.45) is 5.74. The molecular formula is C22H26ClNO. The molecule has 0 spiro atoms. The summed E-state index contributed by atoms with van der Waals surface area (Å²) in [7, 11) is 1.69. The first kappa shape index (κ1) is 17.9. The van der Waals surface area contributed by atoms with Crippen LogP contribution >= 0.6 is 11.6 Å². The normalized spacial score (nSPS) is 16.2. The van der Waals surface area contributed by atoms with E-state index < -0.39 is 0 Å². The first-order valence-electron chi connectivity index (χ1n) is 9.08. The maximum Gasteiger partial charge on any atom is 0.118 e. The van der Waals surface area contributed by atoms with Crippen LogP contribution in [-0.2, 0) is 0 Å². The average Bonchev–Trinajstić information content (AvgIpc) is 2.70. The van der Waals surface area contributed by atoms with Crippen LogP contribution in [0.3, 0.4) is 0 Å². The molecule has 0 bridgehead atoms. The summed E-state index contributed by atoms with van der Waals surface area (Å²) in [6.45, 7) is 1.09. The minimum atomic E-state index is 0.709. The first-order valence-corrected chi connectivity index (χ1v) is 9.62. The number of ether oxygens (including phenoxy) is 1. The molecule has 0 radical (unpaired) electrons. The maximum atomic E-state index is 5.95. The average molecular weight is 356 g/mol. The quantitative estimate of drug-likeness (QED) is 0.654. The van der Waals surface area contributed by atoms with Crippen molar-refractivity contribution in [2.24, 2.45) is 0 Å². The van der Waals surface area contributed by atoms with Crippen molar-refractivity contribution in [3.8, 4) is 16.9 Å². The van der Waals surface area contributed by atoms with Gasteiger partial charge in [-0.2, -0.15) is 0 Å². The summed E-state index contributed by atoms with van der Waals surface area (Å²) in [5, 5.41) is 3.61. The zero-order valence-electron chi connectivity index (χ0n) is 14.9. The molecular weight excluding hydrogens is 330 g/mol. The van der Waals surface area contributed by atoms with Gasteiger partial charge in [0.05, 0.1) is 7.11 Å². The van der Waals surface area contributed by atoms with Gasteiger partial charge in [0.15, 0.2) is 0 Å². The topological polar surface area (TPSA) is 21.3 Å². The van der Waals surface area contributed by atoms with Crippen molar-refractivity contribution in [3.05, 3.63) is 59.8 Å². The Balaban J connectivity index is 1.85. The molecule has 0 atom stereocenters. The molecule has 0 aliphatic carbocycles. The highest BCUT2D eigenvalue weighted by Gasteiger charge is 2.12. The highest BCUT2D eigenvalue weighted by atomic mass is 35.5. The van der Waals surface area contributed by atoms with Crippen LogP contribution in [0.15, 0.2) is 54.2 Å². The molecule has 3 rings (SSSR count). The van der Waals surface area contributed by atoms with Crippen LogP contribution in [0.4, 0.5) is 0 Å². The second-order valence-corrected chi connectivity index (χ2v) is 6.82. The van der Waals surface area contributed by atoms with Gasteiger partial charge < -0.3 is 10.1 Å². The van der Waals surface area contributed by atoms with Gasteiger partial charge in [-0.05, 0) is 66.5 Å². The number of alkyl halides is 1. The van der Waals surface area contributed by atoms with Gasteiger partial charge in [-0.1, -0.05) is 36.4 Å². The molecule has 132 valence electrons. The first-order chi connectivity index (χ1) is 12.3. The molecule has 1 heterocycles. The van der Waals surface area contributed by atoms with Gasteiger partial charge in [-0.15, -0.1) is 11.6 Å². The number of hydrogen-bond acceptors (Lipinski definition) is 2. The zero-order chi connectivity index (χ0) is 17.5. The summed E-state index contributed by atoms with van der Waals surface area (Å²) in [6, 6.07) is 17.1. The van der Waals surface area contributed by atoms with Gasteiger partial charge in [0.25, 0.3) is 0 Å². The molecule has 0 saturated carbocycles. The second-order valence-electron chi connectivity index (χ2n) is 6.44. The van der Waals surface area contributed by atoms with Crippen molar-refractivity contribution < 1.29 is 4.74 Å². The molecule has 25 heavy (non-hydrogen) atoms. The SMILES string of the molecule is COc1ccc(-c2ccc(C(CCCCl)=C3CCCCN3)cc2)cc1. The lowest BCUT2D eigenvalue weighted by Crippen LogP contribution is -2.21. The lowest BCUT2D eigenvalue weighted by molar-refractivity contribution is 0.415. The van der Waals surface area contributed by atoms with Crippen molar-refractivity contribution in [3.63, 3.8) is 0 Å². The van der Waals surface area contributed by atoms with E-state index in [2.05, 4.69) is 41.7 Å². The summed E-state index contributed by atoms with van der Waals surface area (Å²) in [5.74, 6) is 1.59. The number of halogens is 1. The molecule has 0 unspecified atom stereocenters. The van der Waals surface area contributed by atoms with E-state index in [-0.39, 0.29) is 0 Å². The van der Waals surface area contributed by atoms with E-state index in [1.54, 1.807) is 7.11 Å².